The van der Waals surface area contributed by atoms with E-state index in [2.05, 4.69) is 43.5 Å². The van der Waals surface area contributed by atoms with Crippen LogP contribution in [-0.2, 0) is 4.79 Å². The van der Waals surface area contributed by atoms with E-state index in [-0.39, 0.29) is 12.5 Å². The van der Waals surface area contributed by atoms with Crippen molar-refractivity contribution in [2.24, 2.45) is 0 Å². The zero-order chi connectivity index (χ0) is 40.7. The van der Waals surface area contributed by atoms with Crippen molar-refractivity contribution in [1.82, 2.24) is 5.32 Å². The van der Waals surface area contributed by atoms with Crippen molar-refractivity contribution in [3.8, 4) is 0 Å². The Hall–Kier alpha value is -1.39. The summed E-state index contributed by atoms with van der Waals surface area (Å²) in [5.74, 6) is -0.0720. The minimum atomic E-state index is -0.861. The Morgan fingerprint density at radius 3 is 1.04 bits per heavy atom. The second-order valence-corrected chi connectivity index (χ2v) is 17.2. The van der Waals surface area contributed by atoms with Gasteiger partial charge in [-0.3, -0.25) is 4.79 Å². The Labute approximate surface area is 351 Å². The van der Waals surface area contributed by atoms with Gasteiger partial charge in [-0.2, -0.15) is 0 Å². The lowest BCUT2D eigenvalue weighted by atomic mass is 10.0. The Kier molecular flexibility index (Phi) is 46.8. The van der Waals surface area contributed by atoms with Crippen LogP contribution in [0.3, 0.4) is 0 Å². The second-order valence-electron chi connectivity index (χ2n) is 17.2. The van der Waals surface area contributed by atoms with Crippen molar-refractivity contribution >= 4 is 5.91 Å². The molecule has 56 heavy (non-hydrogen) atoms. The van der Waals surface area contributed by atoms with Crippen molar-refractivity contribution < 1.29 is 15.0 Å². The van der Waals surface area contributed by atoms with Crippen LogP contribution in [0.25, 0.3) is 0 Å². The first-order valence-corrected chi connectivity index (χ1v) is 25.2. The van der Waals surface area contributed by atoms with E-state index < -0.39 is 12.1 Å². The molecule has 0 fully saturated rings. The number of nitrogens with one attached hydrogen (secondary N) is 1. The highest BCUT2D eigenvalue weighted by atomic mass is 16.3. The Morgan fingerprint density at radius 2 is 0.696 bits per heavy atom. The smallest absolute Gasteiger partial charge is 0.220 e. The molecule has 0 aromatic heterocycles. The summed E-state index contributed by atoms with van der Waals surface area (Å²) in [6, 6.07) is -0.638. The Morgan fingerprint density at radius 1 is 0.411 bits per heavy atom. The van der Waals surface area contributed by atoms with Crippen LogP contribution in [0, 0.1) is 0 Å². The maximum Gasteiger partial charge on any atom is 0.220 e. The first-order valence-electron chi connectivity index (χ1n) is 25.2. The van der Waals surface area contributed by atoms with E-state index in [1.165, 1.54) is 218 Å². The van der Waals surface area contributed by atoms with Gasteiger partial charge in [-0.15, -0.1) is 0 Å². The molecule has 0 spiro atoms. The van der Waals surface area contributed by atoms with E-state index in [4.69, 9.17) is 0 Å². The number of hydrogen-bond donors (Lipinski definition) is 3. The van der Waals surface area contributed by atoms with Gasteiger partial charge in [-0.25, -0.2) is 0 Å². The highest BCUT2D eigenvalue weighted by Crippen LogP contribution is 2.16. The van der Waals surface area contributed by atoms with Crippen molar-refractivity contribution in [3.05, 3.63) is 36.5 Å². The van der Waals surface area contributed by atoms with Gasteiger partial charge in [-0.1, -0.05) is 243 Å². The van der Waals surface area contributed by atoms with Crippen LogP contribution < -0.4 is 5.32 Å². The lowest BCUT2D eigenvalue weighted by molar-refractivity contribution is -0.123. The van der Waals surface area contributed by atoms with Crippen LogP contribution in [0.2, 0.25) is 0 Å². The summed E-state index contributed by atoms with van der Waals surface area (Å²) in [7, 11) is 0. The SMILES string of the molecule is CCCCCCCCCCCC/C=C/CC/C=C/C(O)C(CO)NC(=O)CCCCCCCCCCCCCC/C=C\CCCCCCCCCCCCCC. The van der Waals surface area contributed by atoms with Crippen LogP contribution in [0.4, 0.5) is 0 Å². The largest absolute Gasteiger partial charge is 0.394 e. The van der Waals surface area contributed by atoms with E-state index in [1.54, 1.807) is 6.08 Å². The van der Waals surface area contributed by atoms with Crippen LogP contribution in [0.5, 0.6) is 0 Å². The fourth-order valence-corrected chi connectivity index (χ4v) is 7.72. The summed E-state index contributed by atoms with van der Waals surface area (Å²) in [4.78, 5) is 12.4. The van der Waals surface area contributed by atoms with Crippen molar-refractivity contribution in [2.75, 3.05) is 6.61 Å². The first kappa shape index (κ1) is 54.6. The number of carbonyl (C=O) groups excluding carboxylic acids is 1. The molecule has 0 radical (unpaired) electrons. The zero-order valence-electron chi connectivity index (χ0n) is 37.9. The molecule has 1 amide bonds. The third-order valence-electron chi connectivity index (χ3n) is 11.6. The highest BCUT2D eigenvalue weighted by Gasteiger charge is 2.17. The van der Waals surface area contributed by atoms with Gasteiger partial charge in [0.15, 0.2) is 0 Å². The van der Waals surface area contributed by atoms with Gasteiger partial charge in [0.1, 0.15) is 0 Å². The lowest BCUT2D eigenvalue weighted by Crippen LogP contribution is -2.45. The molecule has 2 atom stereocenters. The fraction of sp³-hybridized carbons (Fsp3) is 0.865. The van der Waals surface area contributed by atoms with Gasteiger partial charge in [0.2, 0.25) is 5.91 Å². The minimum Gasteiger partial charge on any atom is -0.394 e. The lowest BCUT2D eigenvalue weighted by Gasteiger charge is -2.19. The molecule has 330 valence electrons. The Bertz CT molecular complexity index is 851. The van der Waals surface area contributed by atoms with Gasteiger partial charge in [0, 0.05) is 6.42 Å². The molecule has 3 N–H and O–H groups in total. The van der Waals surface area contributed by atoms with E-state index in [1.807, 2.05) is 6.08 Å². The van der Waals surface area contributed by atoms with Gasteiger partial charge in [0.25, 0.3) is 0 Å². The Balaban J connectivity index is 3.51. The normalized spacial score (nSPS) is 13.1. The van der Waals surface area contributed by atoms with E-state index in [9.17, 15) is 15.0 Å². The molecule has 0 bridgehead atoms. The summed E-state index contributed by atoms with van der Waals surface area (Å²) in [6.45, 7) is 4.31. The molecule has 4 heteroatoms. The zero-order valence-corrected chi connectivity index (χ0v) is 37.9. The quantitative estimate of drug-likeness (QED) is 0.0425. The molecule has 0 saturated carbocycles. The molecule has 0 saturated heterocycles. The number of unbranched alkanes of at least 4 members (excludes halogenated alkanes) is 35. The summed E-state index contributed by atoms with van der Waals surface area (Å²) >= 11 is 0. The molecule has 0 rings (SSSR count). The van der Waals surface area contributed by atoms with Crippen LogP contribution in [0.15, 0.2) is 36.5 Å². The van der Waals surface area contributed by atoms with Gasteiger partial charge in [0.05, 0.1) is 18.8 Å². The van der Waals surface area contributed by atoms with Gasteiger partial charge in [-0.05, 0) is 57.8 Å². The van der Waals surface area contributed by atoms with E-state index in [0.29, 0.717) is 6.42 Å². The third kappa shape index (κ3) is 43.7. The number of aliphatic hydroxyl groups excluding tert-OH is 2. The number of allylic oxidation sites excluding steroid dienone is 5. The second kappa shape index (κ2) is 48.0. The molecular weight excluding hydrogens is 687 g/mol. The average Bonchev–Trinajstić information content (AvgIpc) is 3.20. The van der Waals surface area contributed by atoms with Crippen LogP contribution in [-0.4, -0.2) is 34.9 Å². The molecule has 0 aliphatic heterocycles. The predicted octanol–water partition coefficient (Wildman–Crippen LogP) is 16.1. The van der Waals surface area contributed by atoms with Crippen molar-refractivity contribution in [2.45, 2.75) is 283 Å². The predicted molar refractivity (Wildman–Crippen MR) is 248 cm³/mol. The molecule has 0 aromatic carbocycles. The number of rotatable bonds is 46. The van der Waals surface area contributed by atoms with Crippen LogP contribution in [0.1, 0.15) is 271 Å². The average molecular weight is 786 g/mol. The van der Waals surface area contributed by atoms with Crippen molar-refractivity contribution in [1.29, 1.82) is 0 Å². The summed E-state index contributed by atoms with van der Waals surface area (Å²) in [6.07, 6.45) is 64.3. The fourth-order valence-electron chi connectivity index (χ4n) is 7.72. The number of aliphatic hydroxyl groups is 2. The maximum atomic E-state index is 12.4. The van der Waals surface area contributed by atoms with E-state index in [0.717, 1.165) is 32.1 Å². The van der Waals surface area contributed by atoms with Crippen LogP contribution >= 0.6 is 0 Å². The topological polar surface area (TPSA) is 69.6 Å². The molecule has 0 heterocycles. The van der Waals surface area contributed by atoms with Gasteiger partial charge >= 0.3 is 0 Å². The molecule has 4 nitrogen and oxygen atoms in total. The maximum absolute atomic E-state index is 12.4. The summed E-state index contributed by atoms with van der Waals surface area (Å²) < 4.78 is 0. The monoisotopic (exact) mass is 786 g/mol. The molecule has 2 unspecified atom stereocenters. The number of amides is 1. The first-order chi connectivity index (χ1) is 27.7. The minimum absolute atomic E-state index is 0.0720. The number of carbonyl (C=O) groups is 1. The summed E-state index contributed by atoms with van der Waals surface area (Å²) in [5, 5.41) is 23.0. The molecule has 0 aliphatic rings. The number of hydrogen-bond acceptors (Lipinski definition) is 3. The molecule has 0 aromatic rings. The van der Waals surface area contributed by atoms with E-state index >= 15 is 0 Å². The standard InChI is InChI=1S/C52H99NO3/c1-3-5-7-9-11-13-15-17-19-21-22-23-24-25-26-27-28-29-30-31-32-34-36-38-40-42-44-46-48-52(56)53-50(49-54)51(55)47-45-43-41-39-37-35-33-20-18-16-14-12-10-8-6-4-2/h25-26,37,39,45,47,50-51,54-55H,3-24,27-36,38,40-44,46,48-49H2,1-2H3,(H,53,56)/b26-25-,39-37+,47-45+. The molecular formula is C52H99NO3. The van der Waals surface area contributed by atoms with Crippen molar-refractivity contribution in [3.63, 3.8) is 0 Å². The van der Waals surface area contributed by atoms with Gasteiger partial charge < -0.3 is 15.5 Å². The third-order valence-corrected chi connectivity index (χ3v) is 11.6. The molecule has 0 aliphatic carbocycles. The highest BCUT2D eigenvalue weighted by molar-refractivity contribution is 5.76. The summed E-state index contributed by atoms with van der Waals surface area (Å²) in [5.41, 5.74) is 0.